The lowest BCUT2D eigenvalue weighted by molar-refractivity contribution is -0.144. The third-order valence-electron chi connectivity index (χ3n) is 2.33. The van der Waals surface area contributed by atoms with Crippen LogP contribution in [0.4, 0.5) is 0 Å². The number of carbonyl (C=O) groups is 2. The van der Waals surface area contributed by atoms with E-state index in [1.165, 1.54) is 38.0 Å². The summed E-state index contributed by atoms with van der Waals surface area (Å²) >= 11 is 0. The number of aromatic nitrogens is 1. The molecule has 0 aliphatic carbocycles. The fourth-order valence-corrected chi connectivity index (χ4v) is 1.34. The standard InChI is InChI=1S/C11H13NO5/c1-7(10(14)16-2)12-5-4-8(6-9(12)13)11(15)17-3/h4-7H,1-3H3. The van der Waals surface area contributed by atoms with Gasteiger partial charge in [-0.05, 0) is 13.0 Å². The van der Waals surface area contributed by atoms with Gasteiger partial charge in [-0.25, -0.2) is 9.59 Å². The molecule has 0 fully saturated rings. The van der Waals surface area contributed by atoms with Crippen molar-refractivity contribution in [1.29, 1.82) is 0 Å². The van der Waals surface area contributed by atoms with E-state index in [0.717, 1.165) is 6.07 Å². The number of hydrogen-bond donors (Lipinski definition) is 0. The Morgan fingerprint density at radius 1 is 1.29 bits per heavy atom. The van der Waals surface area contributed by atoms with Gasteiger partial charge >= 0.3 is 11.9 Å². The topological polar surface area (TPSA) is 74.6 Å². The maximum absolute atomic E-state index is 11.7. The number of pyridine rings is 1. The van der Waals surface area contributed by atoms with Gasteiger partial charge in [0.25, 0.3) is 5.56 Å². The van der Waals surface area contributed by atoms with Gasteiger partial charge in [0.15, 0.2) is 0 Å². The van der Waals surface area contributed by atoms with Crippen LogP contribution in [-0.4, -0.2) is 30.7 Å². The first-order valence-corrected chi connectivity index (χ1v) is 4.89. The van der Waals surface area contributed by atoms with Crippen molar-refractivity contribution >= 4 is 11.9 Å². The van der Waals surface area contributed by atoms with Gasteiger partial charge in [0.1, 0.15) is 6.04 Å². The van der Waals surface area contributed by atoms with Crippen LogP contribution in [-0.2, 0) is 14.3 Å². The van der Waals surface area contributed by atoms with Crippen molar-refractivity contribution in [3.63, 3.8) is 0 Å². The van der Waals surface area contributed by atoms with E-state index in [-0.39, 0.29) is 5.56 Å². The summed E-state index contributed by atoms with van der Waals surface area (Å²) in [5.41, 5.74) is -0.323. The van der Waals surface area contributed by atoms with Crippen molar-refractivity contribution in [2.75, 3.05) is 14.2 Å². The van der Waals surface area contributed by atoms with Crippen molar-refractivity contribution in [3.8, 4) is 0 Å². The van der Waals surface area contributed by atoms with E-state index in [9.17, 15) is 14.4 Å². The SMILES string of the molecule is COC(=O)c1ccn(C(C)C(=O)OC)c(=O)c1. The fraction of sp³-hybridized carbons (Fsp3) is 0.364. The van der Waals surface area contributed by atoms with E-state index in [0.29, 0.717) is 0 Å². The molecule has 1 rings (SSSR count). The zero-order valence-corrected chi connectivity index (χ0v) is 9.80. The molecule has 0 aliphatic rings. The van der Waals surface area contributed by atoms with E-state index < -0.39 is 23.5 Å². The normalized spacial score (nSPS) is 11.7. The minimum Gasteiger partial charge on any atom is -0.467 e. The minimum absolute atomic E-state index is 0.144. The van der Waals surface area contributed by atoms with Crippen molar-refractivity contribution in [2.45, 2.75) is 13.0 Å². The summed E-state index contributed by atoms with van der Waals surface area (Å²) in [7, 11) is 2.47. The zero-order valence-electron chi connectivity index (χ0n) is 9.80. The minimum atomic E-state index is -0.737. The lowest BCUT2D eigenvalue weighted by Crippen LogP contribution is -2.28. The van der Waals surface area contributed by atoms with Crippen LogP contribution in [0.15, 0.2) is 23.1 Å². The number of rotatable bonds is 3. The molecule has 1 aromatic rings. The van der Waals surface area contributed by atoms with Crippen molar-refractivity contribution in [2.24, 2.45) is 0 Å². The zero-order chi connectivity index (χ0) is 13.0. The van der Waals surface area contributed by atoms with Crippen molar-refractivity contribution in [1.82, 2.24) is 4.57 Å². The molecule has 0 aromatic carbocycles. The molecule has 0 spiro atoms. The predicted octanol–water partition coefficient (Wildman–Crippen LogP) is 0.369. The van der Waals surface area contributed by atoms with Gasteiger partial charge in [-0.1, -0.05) is 0 Å². The van der Waals surface area contributed by atoms with Crippen LogP contribution in [0.3, 0.4) is 0 Å². The predicted molar refractivity (Wildman–Crippen MR) is 58.8 cm³/mol. The highest BCUT2D eigenvalue weighted by molar-refractivity contribution is 5.89. The van der Waals surface area contributed by atoms with Crippen LogP contribution in [0.2, 0.25) is 0 Å². The summed E-state index contributed by atoms with van der Waals surface area (Å²) in [5, 5.41) is 0. The van der Waals surface area contributed by atoms with Gasteiger partial charge in [0.05, 0.1) is 19.8 Å². The van der Waals surface area contributed by atoms with Gasteiger partial charge in [-0.15, -0.1) is 0 Å². The van der Waals surface area contributed by atoms with Gasteiger partial charge in [-0.2, -0.15) is 0 Å². The van der Waals surface area contributed by atoms with Crippen molar-refractivity contribution in [3.05, 3.63) is 34.2 Å². The molecule has 0 N–H and O–H groups in total. The molecular weight excluding hydrogens is 226 g/mol. The van der Waals surface area contributed by atoms with Gasteiger partial charge < -0.3 is 14.0 Å². The molecule has 0 aliphatic heterocycles. The molecule has 1 aromatic heterocycles. The lowest BCUT2D eigenvalue weighted by atomic mass is 10.2. The quantitative estimate of drug-likeness (QED) is 0.712. The number of nitrogens with zero attached hydrogens (tertiary/aromatic N) is 1. The third-order valence-corrected chi connectivity index (χ3v) is 2.33. The summed E-state index contributed by atoms with van der Waals surface area (Å²) in [6.07, 6.45) is 1.36. The van der Waals surface area contributed by atoms with Crippen molar-refractivity contribution < 1.29 is 19.1 Å². The molecule has 6 nitrogen and oxygen atoms in total. The van der Waals surface area contributed by atoms with Crippen LogP contribution in [0.1, 0.15) is 23.3 Å². The Hall–Kier alpha value is -2.11. The number of ether oxygens (including phenoxy) is 2. The lowest BCUT2D eigenvalue weighted by Gasteiger charge is -2.12. The summed E-state index contributed by atoms with van der Waals surface area (Å²) in [6, 6.07) is 1.79. The average Bonchev–Trinajstić information content (AvgIpc) is 2.35. The van der Waals surface area contributed by atoms with E-state index in [2.05, 4.69) is 9.47 Å². The van der Waals surface area contributed by atoms with Gasteiger partial charge in [-0.3, -0.25) is 4.79 Å². The first-order valence-electron chi connectivity index (χ1n) is 4.89. The van der Waals surface area contributed by atoms with E-state index in [1.807, 2.05) is 0 Å². The van der Waals surface area contributed by atoms with E-state index >= 15 is 0 Å². The summed E-state index contributed by atoms with van der Waals surface area (Å²) in [6.45, 7) is 1.53. The first-order chi connectivity index (χ1) is 8.01. The largest absolute Gasteiger partial charge is 0.467 e. The van der Waals surface area contributed by atoms with Gasteiger partial charge in [0.2, 0.25) is 0 Å². The number of methoxy groups -OCH3 is 2. The Kier molecular flexibility index (Phi) is 4.03. The second-order valence-corrected chi connectivity index (χ2v) is 3.35. The van der Waals surface area contributed by atoms with E-state index in [4.69, 9.17) is 0 Å². The number of esters is 2. The Morgan fingerprint density at radius 2 is 1.94 bits per heavy atom. The summed E-state index contributed by atoms with van der Waals surface area (Å²) in [5.74, 6) is -1.13. The average molecular weight is 239 g/mol. The molecule has 0 bridgehead atoms. The molecule has 1 heterocycles. The number of carbonyl (C=O) groups excluding carboxylic acids is 2. The molecule has 0 saturated heterocycles. The van der Waals surface area contributed by atoms with E-state index in [1.54, 1.807) is 0 Å². The maximum Gasteiger partial charge on any atom is 0.338 e. The second kappa shape index (κ2) is 5.29. The molecule has 17 heavy (non-hydrogen) atoms. The number of hydrogen-bond acceptors (Lipinski definition) is 5. The molecule has 0 radical (unpaired) electrons. The van der Waals surface area contributed by atoms with Crippen LogP contribution in [0.5, 0.6) is 0 Å². The molecule has 92 valence electrons. The smallest absolute Gasteiger partial charge is 0.338 e. The third kappa shape index (κ3) is 2.72. The molecule has 0 saturated carbocycles. The Labute approximate surface area is 97.8 Å². The highest BCUT2D eigenvalue weighted by Crippen LogP contribution is 2.05. The molecular formula is C11H13NO5. The summed E-state index contributed by atoms with van der Waals surface area (Å²) in [4.78, 5) is 34.1. The highest BCUT2D eigenvalue weighted by Gasteiger charge is 2.17. The maximum atomic E-state index is 11.7. The molecule has 6 heteroatoms. The van der Waals surface area contributed by atoms with Crippen LogP contribution in [0.25, 0.3) is 0 Å². The Morgan fingerprint density at radius 3 is 2.41 bits per heavy atom. The molecule has 1 atom stereocenters. The molecule has 0 amide bonds. The molecule has 1 unspecified atom stereocenters. The van der Waals surface area contributed by atoms with Crippen LogP contribution < -0.4 is 5.56 Å². The Bertz CT molecular complexity index is 491. The summed E-state index contributed by atoms with van der Waals surface area (Å²) < 4.78 is 10.2. The monoisotopic (exact) mass is 239 g/mol. The Balaban J connectivity index is 3.10. The first kappa shape index (κ1) is 13.0. The van der Waals surface area contributed by atoms with Gasteiger partial charge in [0, 0.05) is 12.3 Å². The van der Waals surface area contributed by atoms with Crippen LogP contribution >= 0.6 is 0 Å². The fourth-order valence-electron chi connectivity index (χ4n) is 1.34. The highest BCUT2D eigenvalue weighted by atomic mass is 16.5. The second-order valence-electron chi connectivity index (χ2n) is 3.35. The van der Waals surface area contributed by atoms with Crippen LogP contribution in [0, 0.1) is 0 Å².